The zero-order chi connectivity index (χ0) is 12.5. The number of thiophene rings is 1. The van der Waals surface area contributed by atoms with Gasteiger partial charge in [0.2, 0.25) is 5.89 Å². The van der Waals surface area contributed by atoms with E-state index in [9.17, 15) is 0 Å². The first-order chi connectivity index (χ1) is 8.78. The molecular weight excluding hydrogens is 248 g/mol. The summed E-state index contributed by atoms with van der Waals surface area (Å²) in [6.45, 7) is 2.78. The molecule has 0 aliphatic heterocycles. The van der Waals surface area contributed by atoms with Gasteiger partial charge in [0.05, 0.1) is 6.61 Å². The Balaban J connectivity index is 1.65. The van der Waals surface area contributed by atoms with Crippen LogP contribution in [0.2, 0.25) is 0 Å². The quantitative estimate of drug-likeness (QED) is 0.833. The van der Waals surface area contributed by atoms with Crippen LogP contribution in [0, 0.1) is 6.92 Å². The van der Waals surface area contributed by atoms with Gasteiger partial charge in [-0.05, 0) is 25.5 Å². The molecule has 2 aromatic heterocycles. The molecule has 4 nitrogen and oxygen atoms in total. The number of aryl methyl sites for hydroxylation is 1. The Bertz CT molecular complexity index is 535. The Labute approximate surface area is 110 Å². The molecule has 3 rings (SSSR count). The van der Waals surface area contributed by atoms with Crippen molar-refractivity contribution < 1.29 is 9.26 Å². The van der Waals surface area contributed by atoms with Crippen molar-refractivity contribution in [2.24, 2.45) is 0 Å². The maximum Gasteiger partial charge on any atom is 0.230 e. The van der Waals surface area contributed by atoms with Gasteiger partial charge in [0.15, 0.2) is 5.82 Å². The van der Waals surface area contributed by atoms with Crippen LogP contribution < -0.4 is 0 Å². The van der Waals surface area contributed by atoms with Crippen molar-refractivity contribution in [3.8, 4) is 0 Å². The molecular formula is C13H16N2O2S. The molecule has 2 aromatic rings. The molecule has 0 spiro atoms. The molecule has 0 aromatic carbocycles. The summed E-state index contributed by atoms with van der Waals surface area (Å²) in [4.78, 5) is 7.24. The highest BCUT2D eigenvalue weighted by atomic mass is 32.1. The van der Waals surface area contributed by atoms with Crippen LogP contribution in [-0.4, -0.2) is 23.9 Å². The molecule has 0 unspecified atom stereocenters. The summed E-state index contributed by atoms with van der Waals surface area (Å²) in [5.74, 6) is 2.54. The fourth-order valence-electron chi connectivity index (χ4n) is 2.15. The van der Waals surface area contributed by atoms with E-state index in [0.717, 1.165) is 24.6 Å². The van der Waals surface area contributed by atoms with Crippen LogP contribution >= 0.6 is 11.3 Å². The zero-order valence-corrected chi connectivity index (χ0v) is 11.4. The number of nitrogens with zero attached hydrogens (tertiary/aromatic N) is 2. The second kappa shape index (κ2) is 4.82. The second-order valence-corrected chi connectivity index (χ2v) is 6.01. The van der Waals surface area contributed by atoms with E-state index in [1.54, 1.807) is 7.11 Å². The van der Waals surface area contributed by atoms with Gasteiger partial charge in [0.1, 0.15) is 0 Å². The van der Waals surface area contributed by atoms with Gasteiger partial charge in [-0.3, -0.25) is 0 Å². The molecule has 2 atom stereocenters. The van der Waals surface area contributed by atoms with E-state index in [0.29, 0.717) is 18.4 Å². The van der Waals surface area contributed by atoms with Crippen molar-refractivity contribution in [2.75, 3.05) is 13.7 Å². The molecule has 0 radical (unpaired) electrons. The van der Waals surface area contributed by atoms with E-state index in [4.69, 9.17) is 9.26 Å². The molecule has 0 bridgehead atoms. The molecule has 2 heterocycles. The summed E-state index contributed by atoms with van der Waals surface area (Å²) in [6, 6.07) is 4.39. The van der Waals surface area contributed by atoms with Crippen LogP contribution in [0.5, 0.6) is 0 Å². The van der Waals surface area contributed by atoms with Crippen molar-refractivity contribution in [1.82, 2.24) is 10.1 Å². The molecule has 1 fully saturated rings. The van der Waals surface area contributed by atoms with Gasteiger partial charge in [0.25, 0.3) is 0 Å². The Kier molecular flexibility index (Phi) is 3.18. The number of ether oxygens (including phenoxy) is 1. The predicted molar refractivity (Wildman–Crippen MR) is 69.0 cm³/mol. The van der Waals surface area contributed by atoms with Gasteiger partial charge >= 0.3 is 0 Å². The highest BCUT2D eigenvalue weighted by Crippen LogP contribution is 2.55. The first-order valence-electron chi connectivity index (χ1n) is 6.15. The molecule has 5 heteroatoms. The predicted octanol–water partition coefficient (Wildman–Crippen LogP) is 2.90. The summed E-state index contributed by atoms with van der Waals surface area (Å²) >= 11 is 1.87. The summed E-state index contributed by atoms with van der Waals surface area (Å²) in [6.07, 6.45) is 1.85. The largest absolute Gasteiger partial charge is 0.384 e. The van der Waals surface area contributed by atoms with Gasteiger partial charge in [-0.15, -0.1) is 11.3 Å². The lowest BCUT2D eigenvalue weighted by molar-refractivity contribution is 0.199. The summed E-state index contributed by atoms with van der Waals surface area (Å²) in [5.41, 5.74) is 0. The zero-order valence-electron chi connectivity index (χ0n) is 10.5. The van der Waals surface area contributed by atoms with Gasteiger partial charge in [-0.2, -0.15) is 4.98 Å². The van der Waals surface area contributed by atoms with E-state index in [2.05, 4.69) is 29.2 Å². The third kappa shape index (κ3) is 2.33. The minimum atomic E-state index is 0.423. The number of methoxy groups -OCH3 is 1. The Morgan fingerprint density at radius 1 is 1.44 bits per heavy atom. The number of hydrogen-bond donors (Lipinski definition) is 0. The summed E-state index contributed by atoms with van der Waals surface area (Å²) < 4.78 is 10.3. The average molecular weight is 264 g/mol. The molecule has 0 saturated heterocycles. The molecule has 0 amide bonds. The highest BCUT2D eigenvalue weighted by molar-refractivity contribution is 7.12. The second-order valence-electron chi connectivity index (χ2n) is 4.69. The summed E-state index contributed by atoms with van der Waals surface area (Å²) in [7, 11) is 1.68. The third-order valence-electron chi connectivity index (χ3n) is 3.25. The molecule has 96 valence electrons. The number of rotatable bonds is 5. The third-order valence-corrected chi connectivity index (χ3v) is 4.38. The average Bonchev–Trinajstić information content (AvgIpc) is 2.83. The minimum Gasteiger partial charge on any atom is -0.384 e. The van der Waals surface area contributed by atoms with Crippen LogP contribution in [0.4, 0.5) is 0 Å². The van der Waals surface area contributed by atoms with E-state index < -0.39 is 0 Å². The van der Waals surface area contributed by atoms with Crippen LogP contribution in [0.15, 0.2) is 16.7 Å². The van der Waals surface area contributed by atoms with Crippen molar-refractivity contribution in [1.29, 1.82) is 0 Å². The Hall–Kier alpha value is -1.20. The smallest absolute Gasteiger partial charge is 0.230 e. The normalized spacial score (nSPS) is 22.3. The minimum absolute atomic E-state index is 0.423. The number of aromatic nitrogens is 2. The molecule has 18 heavy (non-hydrogen) atoms. The molecule has 1 aliphatic carbocycles. The van der Waals surface area contributed by atoms with E-state index >= 15 is 0 Å². The van der Waals surface area contributed by atoms with Crippen molar-refractivity contribution in [3.63, 3.8) is 0 Å². The summed E-state index contributed by atoms with van der Waals surface area (Å²) in [5, 5.41) is 3.99. The first-order valence-corrected chi connectivity index (χ1v) is 6.97. The van der Waals surface area contributed by atoms with Crippen LogP contribution in [0.1, 0.15) is 39.7 Å². The lowest BCUT2D eigenvalue weighted by Crippen LogP contribution is -1.96. The van der Waals surface area contributed by atoms with Gasteiger partial charge < -0.3 is 9.26 Å². The fraction of sp³-hybridized carbons (Fsp3) is 0.538. The lowest BCUT2D eigenvalue weighted by Gasteiger charge is -1.91. The van der Waals surface area contributed by atoms with Crippen LogP contribution in [-0.2, 0) is 11.2 Å². The van der Waals surface area contributed by atoms with E-state index in [1.165, 1.54) is 9.75 Å². The monoisotopic (exact) mass is 264 g/mol. The number of hydrogen-bond acceptors (Lipinski definition) is 5. The van der Waals surface area contributed by atoms with Crippen LogP contribution in [0.25, 0.3) is 0 Å². The van der Waals surface area contributed by atoms with Gasteiger partial charge in [0, 0.05) is 35.1 Å². The van der Waals surface area contributed by atoms with E-state index in [-0.39, 0.29) is 0 Å². The van der Waals surface area contributed by atoms with Crippen molar-refractivity contribution in [2.45, 2.75) is 31.6 Å². The van der Waals surface area contributed by atoms with Crippen LogP contribution in [0.3, 0.4) is 0 Å². The fourth-order valence-corrected chi connectivity index (χ4v) is 3.20. The lowest BCUT2D eigenvalue weighted by atomic mass is 10.2. The van der Waals surface area contributed by atoms with Gasteiger partial charge in [-0.25, -0.2) is 0 Å². The highest BCUT2D eigenvalue weighted by Gasteiger charge is 2.44. The SMILES string of the molecule is COCCc1noc([C@@H]2C[C@H]2c2ccc(C)s2)n1. The molecule has 1 aliphatic rings. The standard InChI is InChI=1S/C13H16N2O2S/c1-8-3-4-11(18-8)9-7-10(9)13-14-12(15-17-13)5-6-16-2/h3-4,9-10H,5-7H2,1-2H3/t9-,10-/m1/s1. The first kappa shape index (κ1) is 11.9. The van der Waals surface area contributed by atoms with E-state index in [1.807, 2.05) is 11.3 Å². The van der Waals surface area contributed by atoms with Gasteiger partial charge in [-0.1, -0.05) is 5.16 Å². The Morgan fingerprint density at radius 3 is 3.06 bits per heavy atom. The maximum atomic E-state index is 5.33. The maximum absolute atomic E-state index is 5.33. The topological polar surface area (TPSA) is 48.2 Å². The van der Waals surface area contributed by atoms with Crippen molar-refractivity contribution >= 4 is 11.3 Å². The molecule has 1 saturated carbocycles. The van der Waals surface area contributed by atoms with Crippen molar-refractivity contribution in [3.05, 3.63) is 33.6 Å². The molecule has 0 N–H and O–H groups in total. The Morgan fingerprint density at radius 2 is 2.33 bits per heavy atom.